The van der Waals surface area contributed by atoms with Crippen LogP contribution in [0.25, 0.3) is 0 Å². The minimum absolute atomic E-state index is 0.00251. The topological polar surface area (TPSA) is 64.7 Å². The van der Waals surface area contributed by atoms with E-state index in [1.54, 1.807) is 6.07 Å². The number of nitriles is 2. The number of Topliss-reactive ketones (excluding diaryl/α,β-unsaturated/α-hetero) is 1. The number of carbonyl (C=O) groups is 1. The number of benzene rings is 2. The second kappa shape index (κ2) is 6.68. The van der Waals surface area contributed by atoms with Gasteiger partial charge in [-0.15, -0.1) is 0 Å². The van der Waals surface area contributed by atoms with Crippen LogP contribution in [0.4, 0.5) is 17.6 Å². The molecule has 0 fully saturated rings. The molecule has 8 heteroatoms. The van der Waals surface area contributed by atoms with E-state index in [9.17, 15) is 32.9 Å². The molecule has 2 aromatic carbocycles. The molecule has 3 rings (SSSR count). The van der Waals surface area contributed by atoms with E-state index < -0.39 is 28.5 Å². The fourth-order valence-corrected chi connectivity index (χ4v) is 3.72. The number of hydrogen-bond acceptors (Lipinski definition) is 3. The van der Waals surface area contributed by atoms with Gasteiger partial charge < -0.3 is 0 Å². The van der Waals surface area contributed by atoms with E-state index in [4.69, 9.17) is 11.6 Å². The summed E-state index contributed by atoms with van der Waals surface area (Å²) in [5, 5.41) is 18.0. The number of halogens is 5. The third-order valence-corrected chi connectivity index (χ3v) is 4.93. The first kappa shape index (κ1) is 18.9. The van der Waals surface area contributed by atoms with Crippen LogP contribution < -0.4 is 0 Å². The van der Waals surface area contributed by atoms with Crippen LogP contribution in [0.1, 0.15) is 56.9 Å². The van der Waals surface area contributed by atoms with Crippen LogP contribution >= 0.6 is 11.6 Å². The highest BCUT2D eigenvalue weighted by molar-refractivity contribution is 6.32. The molecule has 1 unspecified atom stereocenters. The molecule has 0 saturated heterocycles. The highest BCUT2D eigenvalue weighted by atomic mass is 35.5. The van der Waals surface area contributed by atoms with Gasteiger partial charge in [0.15, 0.2) is 5.78 Å². The van der Waals surface area contributed by atoms with E-state index in [1.807, 2.05) is 6.07 Å². The zero-order valence-electron chi connectivity index (χ0n) is 13.5. The lowest BCUT2D eigenvalue weighted by atomic mass is 9.75. The van der Waals surface area contributed by atoms with Gasteiger partial charge in [-0.1, -0.05) is 17.7 Å². The molecule has 0 amide bonds. The molecule has 0 aliphatic heterocycles. The van der Waals surface area contributed by atoms with Crippen molar-refractivity contribution in [1.82, 2.24) is 0 Å². The van der Waals surface area contributed by atoms with Crippen molar-refractivity contribution in [3.63, 3.8) is 0 Å². The van der Waals surface area contributed by atoms with Crippen LogP contribution in [-0.4, -0.2) is 5.78 Å². The van der Waals surface area contributed by atoms with Crippen molar-refractivity contribution in [2.45, 2.75) is 24.9 Å². The van der Waals surface area contributed by atoms with Crippen molar-refractivity contribution < 1.29 is 22.4 Å². The SMILES string of the molecule is N#Cc1cc(F)cc2c1C(c1ccc(C(F)(F)F)c(Cl)c1C#N)CCC2=O. The predicted molar refractivity (Wildman–Crippen MR) is 87.7 cm³/mol. The molecular weight excluding hydrogens is 384 g/mol. The number of ketones is 1. The lowest BCUT2D eigenvalue weighted by Crippen LogP contribution is -2.20. The van der Waals surface area contributed by atoms with Gasteiger partial charge in [-0.25, -0.2) is 4.39 Å². The molecule has 3 nitrogen and oxygen atoms in total. The Morgan fingerprint density at radius 2 is 1.85 bits per heavy atom. The van der Waals surface area contributed by atoms with Crippen molar-refractivity contribution in [3.05, 3.63) is 68.5 Å². The lowest BCUT2D eigenvalue weighted by Gasteiger charge is -2.27. The van der Waals surface area contributed by atoms with Gasteiger partial charge in [0.05, 0.1) is 27.8 Å². The molecule has 0 radical (unpaired) electrons. The van der Waals surface area contributed by atoms with Crippen LogP contribution in [0.3, 0.4) is 0 Å². The lowest BCUT2D eigenvalue weighted by molar-refractivity contribution is -0.137. The Bertz CT molecular complexity index is 1050. The maximum absolute atomic E-state index is 13.7. The molecule has 0 spiro atoms. The Balaban J connectivity index is 2.28. The third kappa shape index (κ3) is 3.15. The number of hydrogen-bond donors (Lipinski definition) is 0. The normalized spacial score (nSPS) is 16.4. The van der Waals surface area contributed by atoms with Crippen molar-refractivity contribution in [2.75, 3.05) is 0 Å². The highest BCUT2D eigenvalue weighted by Crippen LogP contribution is 2.44. The molecule has 1 aliphatic rings. The van der Waals surface area contributed by atoms with Crippen LogP contribution in [0.2, 0.25) is 5.02 Å². The molecule has 1 aliphatic carbocycles. The summed E-state index contributed by atoms with van der Waals surface area (Å²) in [5.74, 6) is -1.85. The molecular formula is C19H9ClF4N2O. The predicted octanol–water partition coefficient (Wildman–Crippen LogP) is 5.35. The van der Waals surface area contributed by atoms with Gasteiger partial charge >= 0.3 is 6.18 Å². The van der Waals surface area contributed by atoms with Gasteiger partial charge in [0.2, 0.25) is 0 Å². The standard InChI is InChI=1S/C19H9ClF4N2O/c20-18-14(8-26)11(1-3-15(18)19(22,23)24)12-2-4-16(27)13-6-10(21)5-9(7-25)17(12)13/h1,3,5-6,12H,2,4H2. The first-order valence-corrected chi connectivity index (χ1v) is 8.13. The largest absolute Gasteiger partial charge is 0.417 e. The Morgan fingerprint density at radius 3 is 2.44 bits per heavy atom. The van der Waals surface area contributed by atoms with Gasteiger partial charge in [-0.2, -0.15) is 23.7 Å². The summed E-state index contributed by atoms with van der Waals surface area (Å²) in [6.07, 6.45) is -4.55. The summed E-state index contributed by atoms with van der Waals surface area (Å²) in [6.45, 7) is 0. The molecule has 2 aromatic rings. The van der Waals surface area contributed by atoms with Gasteiger partial charge in [0.25, 0.3) is 0 Å². The van der Waals surface area contributed by atoms with Gasteiger partial charge in [-0.3, -0.25) is 4.79 Å². The number of carbonyl (C=O) groups excluding carboxylic acids is 1. The maximum atomic E-state index is 13.7. The van der Waals surface area contributed by atoms with E-state index in [2.05, 4.69) is 0 Å². The Kier molecular flexibility index (Phi) is 4.67. The molecule has 0 N–H and O–H groups in total. The summed E-state index contributed by atoms with van der Waals surface area (Å²) in [7, 11) is 0. The van der Waals surface area contributed by atoms with Crippen LogP contribution in [-0.2, 0) is 6.18 Å². The van der Waals surface area contributed by atoms with Crippen molar-refractivity contribution >= 4 is 17.4 Å². The highest BCUT2D eigenvalue weighted by Gasteiger charge is 2.37. The molecule has 0 aromatic heterocycles. The summed E-state index contributed by atoms with van der Waals surface area (Å²) in [5.41, 5.74) is -1.22. The minimum atomic E-state index is -4.73. The third-order valence-electron chi connectivity index (χ3n) is 4.54. The zero-order valence-corrected chi connectivity index (χ0v) is 14.2. The second-order valence-electron chi connectivity index (χ2n) is 6.04. The number of rotatable bonds is 1. The van der Waals surface area contributed by atoms with E-state index in [0.29, 0.717) is 0 Å². The Hall–Kier alpha value is -2.90. The number of alkyl halides is 3. The van der Waals surface area contributed by atoms with Crippen molar-refractivity contribution in [1.29, 1.82) is 10.5 Å². The van der Waals surface area contributed by atoms with Gasteiger partial charge in [0, 0.05) is 17.9 Å². The zero-order chi connectivity index (χ0) is 19.9. The molecule has 0 bridgehead atoms. The van der Waals surface area contributed by atoms with E-state index in [-0.39, 0.29) is 46.4 Å². The van der Waals surface area contributed by atoms with Crippen molar-refractivity contribution in [3.8, 4) is 12.1 Å². The average molecular weight is 393 g/mol. The number of fused-ring (bicyclic) bond motifs is 1. The summed E-state index contributed by atoms with van der Waals surface area (Å²) < 4.78 is 52.9. The second-order valence-corrected chi connectivity index (χ2v) is 6.42. The molecule has 0 heterocycles. The monoisotopic (exact) mass is 392 g/mol. The van der Waals surface area contributed by atoms with Gasteiger partial charge in [-0.05, 0) is 35.7 Å². The Labute approximate surface area is 156 Å². The smallest absolute Gasteiger partial charge is 0.294 e. The average Bonchev–Trinajstić information content (AvgIpc) is 2.60. The molecule has 136 valence electrons. The van der Waals surface area contributed by atoms with Gasteiger partial charge in [0.1, 0.15) is 11.9 Å². The fourth-order valence-electron chi connectivity index (χ4n) is 3.40. The molecule has 0 saturated carbocycles. The summed E-state index contributed by atoms with van der Waals surface area (Å²) in [6, 6.07) is 7.36. The van der Waals surface area contributed by atoms with E-state index >= 15 is 0 Å². The quantitative estimate of drug-likeness (QED) is 0.614. The van der Waals surface area contributed by atoms with Crippen LogP contribution in [0.15, 0.2) is 24.3 Å². The first-order chi connectivity index (χ1) is 12.7. The van der Waals surface area contributed by atoms with Crippen molar-refractivity contribution in [2.24, 2.45) is 0 Å². The number of nitrogens with zero attached hydrogens (tertiary/aromatic N) is 2. The first-order valence-electron chi connectivity index (χ1n) is 7.75. The van der Waals surface area contributed by atoms with Crippen LogP contribution in [0, 0.1) is 28.5 Å². The fraction of sp³-hybridized carbons (Fsp3) is 0.211. The molecule has 1 atom stereocenters. The van der Waals surface area contributed by atoms with E-state index in [1.165, 1.54) is 0 Å². The summed E-state index contributed by atoms with van der Waals surface area (Å²) in [4.78, 5) is 12.2. The Morgan fingerprint density at radius 1 is 1.15 bits per heavy atom. The molecule has 27 heavy (non-hydrogen) atoms. The maximum Gasteiger partial charge on any atom is 0.417 e. The minimum Gasteiger partial charge on any atom is -0.294 e. The van der Waals surface area contributed by atoms with Crippen LogP contribution in [0.5, 0.6) is 0 Å². The van der Waals surface area contributed by atoms with E-state index in [0.717, 1.165) is 24.3 Å². The summed E-state index contributed by atoms with van der Waals surface area (Å²) >= 11 is 5.84.